The number of aromatic nitrogens is 1. The highest BCUT2D eigenvalue weighted by molar-refractivity contribution is 6.07. The van der Waals surface area contributed by atoms with E-state index in [1.165, 1.54) is 44.8 Å². The number of hydrogen-bond donors (Lipinski definition) is 0. The highest BCUT2D eigenvalue weighted by Crippen LogP contribution is 2.39. The van der Waals surface area contributed by atoms with Crippen LogP contribution in [0.15, 0.2) is 79.0 Å². The summed E-state index contributed by atoms with van der Waals surface area (Å²) >= 11 is 0. The summed E-state index contributed by atoms with van der Waals surface area (Å²) in [5, 5.41) is 1.28. The third kappa shape index (κ3) is 1.94. The Morgan fingerprint density at radius 3 is 2.24 bits per heavy atom. The first kappa shape index (κ1) is 14.2. The SMILES string of the molecule is CC1=[N+](c2ccccc2C)c2ccccc2-c2cccc3ccn1c23. The van der Waals surface area contributed by atoms with Crippen molar-refractivity contribution in [3.05, 3.63) is 84.6 Å². The van der Waals surface area contributed by atoms with Crippen molar-refractivity contribution in [1.82, 2.24) is 9.14 Å². The van der Waals surface area contributed by atoms with Crippen molar-refractivity contribution in [2.45, 2.75) is 13.8 Å². The van der Waals surface area contributed by atoms with Crippen molar-refractivity contribution in [2.24, 2.45) is 0 Å². The molecule has 1 aliphatic heterocycles. The zero-order valence-electron chi connectivity index (χ0n) is 14.4. The van der Waals surface area contributed by atoms with Crippen molar-refractivity contribution in [3.63, 3.8) is 0 Å². The Labute approximate surface area is 147 Å². The Balaban J connectivity index is 1.99. The Bertz CT molecular complexity index is 1160. The van der Waals surface area contributed by atoms with Crippen molar-refractivity contribution < 1.29 is 0 Å². The molecule has 4 aromatic rings. The molecule has 2 heteroatoms. The molecule has 0 bridgehead atoms. The maximum Gasteiger partial charge on any atom is 0.263 e. The van der Waals surface area contributed by atoms with Crippen molar-refractivity contribution >= 4 is 28.1 Å². The van der Waals surface area contributed by atoms with Crippen LogP contribution in [0.1, 0.15) is 12.5 Å². The van der Waals surface area contributed by atoms with Gasteiger partial charge >= 0.3 is 0 Å². The molecule has 2 nitrogen and oxygen atoms in total. The van der Waals surface area contributed by atoms with Gasteiger partial charge in [-0.15, -0.1) is 0 Å². The zero-order valence-corrected chi connectivity index (χ0v) is 14.4. The molecule has 3 aromatic carbocycles. The molecule has 5 rings (SSSR count). The van der Waals surface area contributed by atoms with Gasteiger partial charge in [0.05, 0.1) is 6.20 Å². The summed E-state index contributed by atoms with van der Waals surface area (Å²) in [6.07, 6.45) is 2.18. The molecule has 25 heavy (non-hydrogen) atoms. The molecule has 0 radical (unpaired) electrons. The fraction of sp³-hybridized carbons (Fsp3) is 0.0870. The normalized spacial score (nSPS) is 13.0. The molecule has 2 heterocycles. The molecule has 0 unspecified atom stereocenters. The molecule has 0 spiro atoms. The maximum absolute atomic E-state index is 2.38. The summed E-state index contributed by atoms with van der Waals surface area (Å²) in [5.74, 6) is 1.20. The van der Waals surface area contributed by atoms with Crippen molar-refractivity contribution in [2.75, 3.05) is 0 Å². The van der Waals surface area contributed by atoms with Crippen LogP contribution in [-0.2, 0) is 0 Å². The first-order valence-electron chi connectivity index (χ1n) is 8.65. The monoisotopic (exact) mass is 323 g/mol. The summed E-state index contributed by atoms with van der Waals surface area (Å²) in [6.45, 7) is 4.37. The first-order valence-corrected chi connectivity index (χ1v) is 8.65. The van der Waals surface area contributed by atoms with Gasteiger partial charge in [-0.3, -0.25) is 0 Å². The average Bonchev–Trinajstić information content (AvgIpc) is 3.04. The van der Waals surface area contributed by atoms with Gasteiger partial charge in [0.1, 0.15) is 16.9 Å². The highest BCUT2D eigenvalue weighted by Gasteiger charge is 2.28. The van der Waals surface area contributed by atoms with Crippen LogP contribution in [0.25, 0.3) is 22.0 Å². The van der Waals surface area contributed by atoms with Crippen LogP contribution >= 0.6 is 0 Å². The second-order valence-corrected chi connectivity index (χ2v) is 6.62. The second kappa shape index (κ2) is 5.18. The predicted molar refractivity (Wildman–Crippen MR) is 106 cm³/mol. The minimum Gasteiger partial charge on any atom is -0.202 e. The lowest BCUT2D eigenvalue weighted by Crippen LogP contribution is -2.20. The number of nitrogens with zero attached hydrogens (tertiary/aromatic N) is 2. The van der Waals surface area contributed by atoms with Gasteiger partial charge < -0.3 is 0 Å². The quantitative estimate of drug-likeness (QED) is 0.395. The molecule has 0 N–H and O–H groups in total. The van der Waals surface area contributed by atoms with Gasteiger partial charge in [0.2, 0.25) is 0 Å². The third-order valence-corrected chi connectivity index (χ3v) is 5.18. The van der Waals surface area contributed by atoms with Gasteiger partial charge in [-0.25, -0.2) is 4.57 Å². The lowest BCUT2D eigenvalue weighted by atomic mass is 10.0. The third-order valence-electron chi connectivity index (χ3n) is 5.18. The van der Waals surface area contributed by atoms with E-state index >= 15 is 0 Å². The summed E-state index contributed by atoms with van der Waals surface area (Å²) in [7, 11) is 0. The minimum absolute atomic E-state index is 1.20. The fourth-order valence-corrected chi connectivity index (χ4v) is 3.98. The van der Waals surface area contributed by atoms with Crippen LogP contribution in [0.4, 0.5) is 11.4 Å². The Morgan fingerprint density at radius 2 is 1.40 bits per heavy atom. The largest absolute Gasteiger partial charge is 0.263 e. The van der Waals surface area contributed by atoms with E-state index in [0.29, 0.717) is 0 Å². The van der Waals surface area contributed by atoms with Gasteiger partial charge in [0, 0.05) is 23.4 Å². The van der Waals surface area contributed by atoms with Crippen LogP contribution in [0.3, 0.4) is 0 Å². The lowest BCUT2D eigenvalue weighted by molar-refractivity contribution is 1.01. The van der Waals surface area contributed by atoms with Crippen LogP contribution < -0.4 is 4.58 Å². The van der Waals surface area contributed by atoms with E-state index in [1.54, 1.807) is 0 Å². The standard InChI is InChI=1S/C23H19N2/c1-16-8-3-5-12-21(16)25-17(2)24-15-14-18-9-7-11-20(23(18)24)19-10-4-6-13-22(19)25/h3-15H,1-2H3/q+1. The highest BCUT2D eigenvalue weighted by atomic mass is 15.2. The number of para-hydroxylation sites is 3. The summed E-state index contributed by atoms with van der Waals surface area (Å²) < 4.78 is 4.70. The first-order chi connectivity index (χ1) is 12.3. The summed E-state index contributed by atoms with van der Waals surface area (Å²) in [6, 6.07) is 26.1. The minimum atomic E-state index is 1.20. The molecule has 120 valence electrons. The average molecular weight is 323 g/mol. The number of rotatable bonds is 1. The van der Waals surface area contributed by atoms with Crippen LogP contribution in [0, 0.1) is 6.92 Å². The van der Waals surface area contributed by atoms with Gasteiger partial charge in [-0.1, -0.05) is 42.5 Å². The molecule has 0 atom stereocenters. The van der Waals surface area contributed by atoms with E-state index in [9.17, 15) is 0 Å². The van der Waals surface area contributed by atoms with E-state index in [2.05, 4.69) is 102 Å². The Morgan fingerprint density at radius 1 is 0.680 bits per heavy atom. The molecular formula is C23H19N2+. The lowest BCUT2D eigenvalue weighted by Gasteiger charge is -2.13. The topological polar surface area (TPSA) is 7.94 Å². The number of hydrogen-bond acceptors (Lipinski definition) is 0. The van der Waals surface area contributed by atoms with Crippen LogP contribution in [-0.4, -0.2) is 10.4 Å². The smallest absolute Gasteiger partial charge is 0.202 e. The Kier molecular flexibility index (Phi) is 2.95. The van der Waals surface area contributed by atoms with Gasteiger partial charge in [0.15, 0.2) is 0 Å². The summed E-state index contributed by atoms with van der Waals surface area (Å²) in [5.41, 5.74) is 7.56. The van der Waals surface area contributed by atoms with E-state index < -0.39 is 0 Å². The molecule has 1 aromatic heterocycles. The number of benzene rings is 3. The Hall–Kier alpha value is -3.13. The summed E-state index contributed by atoms with van der Waals surface area (Å²) in [4.78, 5) is 0. The van der Waals surface area contributed by atoms with E-state index in [4.69, 9.17) is 0 Å². The zero-order chi connectivity index (χ0) is 17.0. The molecule has 0 aliphatic carbocycles. The maximum atomic E-state index is 2.38. The van der Waals surface area contributed by atoms with Crippen molar-refractivity contribution in [1.29, 1.82) is 0 Å². The molecule has 0 fully saturated rings. The molecule has 0 amide bonds. The fourth-order valence-electron chi connectivity index (χ4n) is 3.98. The van der Waals surface area contributed by atoms with Crippen molar-refractivity contribution in [3.8, 4) is 11.1 Å². The van der Waals surface area contributed by atoms with Gasteiger partial charge in [-0.05, 0) is 42.8 Å². The molecular weight excluding hydrogens is 304 g/mol. The predicted octanol–water partition coefficient (Wildman–Crippen LogP) is 5.73. The van der Waals surface area contributed by atoms with Crippen LogP contribution in [0.2, 0.25) is 0 Å². The molecule has 0 saturated carbocycles. The number of aryl methyl sites for hydroxylation is 1. The number of fused-ring (bicyclic) bond motifs is 2. The van der Waals surface area contributed by atoms with E-state index in [1.807, 2.05) is 0 Å². The van der Waals surface area contributed by atoms with Gasteiger partial charge in [-0.2, -0.15) is 4.58 Å². The van der Waals surface area contributed by atoms with Gasteiger partial charge in [0.25, 0.3) is 5.84 Å². The van der Waals surface area contributed by atoms with E-state index in [0.717, 1.165) is 0 Å². The van der Waals surface area contributed by atoms with E-state index in [-0.39, 0.29) is 0 Å². The second-order valence-electron chi connectivity index (χ2n) is 6.62. The molecule has 0 saturated heterocycles. The molecule has 1 aliphatic rings. The van der Waals surface area contributed by atoms with Crippen LogP contribution in [0.5, 0.6) is 0 Å².